The lowest BCUT2D eigenvalue weighted by molar-refractivity contribution is 0.252. The van der Waals surface area contributed by atoms with E-state index in [1.807, 2.05) is 5.43 Å². The van der Waals surface area contributed by atoms with Gasteiger partial charge in [-0.05, 0) is 0 Å². The number of ether oxygens (including phenoxy) is 3. The minimum Gasteiger partial charge on any atom is -0.496 e. The second-order valence-corrected chi connectivity index (χ2v) is 3.01. The number of carbonyl (C=O) groups is 1. The van der Waals surface area contributed by atoms with E-state index in [0.717, 1.165) is 0 Å². The van der Waals surface area contributed by atoms with Crippen molar-refractivity contribution in [1.29, 1.82) is 0 Å². The number of urea groups is 1. The van der Waals surface area contributed by atoms with Crippen LogP contribution in [0.3, 0.4) is 0 Å². The molecule has 0 aliphatic carbocycles. The van der Waals surface area contributed by atoms with E-state index in [9.17, 15) is 4.79 Å². The Balaban J connectivity index is 3.19. The predicted molar refractivity (Wildman–Crippen MR) is 62.4 cm³/mol. The zero-order chi connectivity index (χ0) is 12.8. The summed E-state index contributed by atoms with van der Waals surface area (Å²) in [6.45, 7) is 0. The van der Waals surface area contributed by atoms with Gasteiger partial charge in [0.15, 0.2) is 0 Å². The second kappa shape index (κ2) is 5.80. The van der Waals surface area contributed by atoms with Gasteiger partial charge >= 0.3 is 6.03 Å². The summed E-state index contributed by atoms with van der Waals surface area (Å²) >= 11 is 0. The average Bonchev–Trinajstić information content (AvgIpc) is 2.38. The van der Waals surface area contributed by atoms with Crippen LogP contribution in [0.4, 0.5) is 10.5 Å². The van der Waals surface area contributed by atoms with Crippen molar-refractivity contribution in [2.75, 3.05) is 26.6 Å². The first kappa shape index (κ1) is 12.9. The van der Waals surface area contributed by atoms with Crippen molar-refractivity contribution in [1.82, 2.24) is 5.43 Å². The molecule has 1 aromatic rings. The number of hydrogen-bond acceptors (Lipinski definition) is 5. The molecule has 0 bridgehead atoms. The van der Waals surface area contributed by atoms with E-state index in [1.54, 1.807) is 12.1 Å². The first-order valence-electron chi connectivity index (χ1n) is 4.73. The fraction of sp³-hybridized carbons (Fsp3) is 0.300. The number of nitrogens with two attached hydrogens (primary N) is 1. The lowest BCUT2D eigenvalue weighted by Crippen LogP contribution is -2.34. The predicted octanol–water partition coefficient (Wildman–Crippen LogP) is 0.708. The van der Waals surface area contributed by atoms with Crippen LogP contribution in [-0.4, -0.2) is 27.4 Å². The molecule has 4 N–H and O–H groups in total. The van der Waals surface area contributed by atoms with E-state index in [-0.39, 0.29) is 0 Å². The number of anilines is 1. The number of hydrazine groups is 1. The molecular weight excluding hydrogens is 226 g/mol. The molecule has 0 radical (unpaired) electrons. The zero-order valence-corrected chi connectivity index (χ0v) is 9.87. The first-order valence-corrected chi connectivity index (χ1v) is 4.73. The number of nitrogens with one attached hydrogen (secondary N) is 2. The molecule has 0 aliphatic heterocycles. The van der Waals surface area contributed by atoms with E-state index in [2.05, 4.69) is 5.32 Å². The van der Waals surface area contributed by atoms with Gasteiger partial charge in [-0.3, -0.25) is 5.43 Å². The molecule has 0 saturated carbocycles. The highest BCUT2D eigenvalue weighted by atomic mass is 16.5. The summed E-state index contributed by atoms with van der Waals surface area (Å²) in [5.74, 6) is 6.36. The highest BCUT2D eigenvalue weighted by Crippen LogP contribution is 2.38. The summed E-state index contributed by atoms with van der Waals surface area (Å²) in [6, 6.07) is 2.66. The Morgan fingerprint density at radius 2 is 1.65 bits per heavy atom. The smallest absolute Gasteiger partial charge is 0.333 e. The molecule has 0 atom stereocenters. The second-order valence-electron chi connectivity index (χ2n) is 3.01. The molecule has 7 heteroatoms. The van der Waals surface area contributed by atoms with Gasteiger partial charge in [-0.25, -0.2) is 10.6 Å². The van der Waals surface area contributed by atoms with Crippen molar-refractivity contribution >= 4 is 11.7 Å². The third kappa shape index (κ3) is 2.91. The van der Waals surface area contributed by atoms with Crippen LogP contribution in [-0.2, 0) is 0 Å². The van der Waals surface area contributed by atoms with Crippen LogP contribution in [0, 0.1) is 0 Å². The highest BCUT2D eigenvalue weighted by molar-refractivity contribution is 5.92. The maximum Gasteiger partial charge on any atom is 0.333 e. The molecule has 94 valence electrons. The van der Waals surface area contributed by atoms with Crippen LogP contribution in [0.1, 0.15) is 0 Å². The average molecular weight is 241 g/mol. The lowest BCUT2D eigenvalue weighted by Gasteiger charge is -2.15. The molecule has 0 spiro atoms. The SMILES string of the molecule is COc1cc(OC)c(NC(=O)NN)c(OC)c1. The Kier molecular flexibility index (Phi) is 4.41. The highest BCUT2D eigenvalue weighted by Gasteiger charge is 2.15. The molecule has 0 unspecified atom stereocenters. The van der Waals surface area contributed by atoms with Gasteiger partial charge in [0.05, 0.1) is 21.3 Å². The Hall–Kier alpha value is -2.15. The van der Waals surface area contributed by atoms with Gasteiger partial charge in [0.2, 0.25) is 0 Å². The van der Waals surface area contributed by atoms with Crippen LogP contribution >= 0.6 is 0 Å². The van der Waals surface area contributed by atoms with Crippen molar-refractivity contribution in [3.63, 3.8) is 0 Å². The van der Waals surface area contributed by atoms with E-state index in [1.165, 1.54) is 21.3 Å². The lowest BCUT2D eigenvalue weighted by atomic mass is 10.2. The van der Waals surface area contributed by atoms with Gasteiger partial charge in [0, 0.05) is 12.1 Å². The third-order valence-electron chi connectivity index (χ3n) is 2.08. The number of methoxy groups -OCH3 is 3. The van der Waals surface area contributed by atoms with Crippen LogP contribution < -0.4 is 30.8 Å². The van der Waals surface area contributed by atoms with Gasteiger partial charge in [-0.2, -0.15) is 0 Å². The first-order chi connectivity index (χ1) is 8.15. The summed E-state index contributed by atoms with van der Waals surface area (Å²) < 4.78 is 15.3. The monoisotopic (exact) mass is 241 g/mol. The number of carbonyl (C=O) groups excluding carboxylic acids is 1. The van der Waals surface area contributed by atoms with Crippen molar-refractivity contribution in [3.05, 3.63) is 12.1 Å². The van der Waals surface area contributed by atoms with Gasteiger partial charge in [0.25, 0.3) is 0 Å². The summed E-state index contributed by atoms with van der Waals surface area (Å²) in [6.07, 6.45) is 0. The van der Waals surface area contributed by atoms with Gasteiger partial charge in [0.1, 0.15) is 22.9 Å². The van der Waals surface area contributed by atoms with Crippen molar-refractivity contribution in [3.8, 4) is 17.2 Å². The van der Waals surface area contributed by atoms with E-state index in [4.69, 9.17) is 20.1 Å². The number of rotatable bonds is 4. The van der Waals surface area contributed by atoms with Crippen LogP contribution in [0.2, 0.25) is 0 Å². The van der Waals surface area contributed by atoms with Gasteiger partial charge in [-0.1, -0.05) is 0 Å². The normalized spacial score (nSPS) is 9.41. The molecular formula is C10H15N3O4. The quantitative estimate of drug-likeness (QED) is 0.410. The molecule has 0 heterocycles. The minimum absolute atomic E-state index is 0.374. The molecule has 1 aromatic carbocycles. The number of amides is 2. The molecule has 0 fully saturated rings. The van der Waals surface area contributed by atoms with Crippen molar-refractivity contribution in [2.24, 2.45) is 5.84 Å². The molecule has 1 rings (SSSR count). The zero-order valence-electron chi connectivity index (χ0n) is 9.87. The van der Waals surface area contributed by atoms with Gasteiger partial charge < -0.3 is 19.5 Å². The van der Waals surface area contributed by atoms with Crippen molar-refractivity contribution < 1.29 is 19.0 Å². The summed E-state index contributed by atoms with van der Waals surface area (Å²) in [5.41, 5.74) is 2.33. The Bertz CT molecular complexity index is 384. The standard InChI is InChI=1S/C10H15N3O4/c1-15-6-4-7(16-2)9(8(5-6)17-3)12-10(14)13-11/h4-5H,11H2,1-3H3,(H2,12,13,14). The fourth-order valence-corrected chi connectivity index (χ4v) is 1.28. The molecule has 2 amide bonds. The maximum absolute atomic E-state index is 11.2. The molecule has 0 aliphatic rings. The Morgan fingerprint density at radius 3 is 2.00 bits per heavy atom. The summed E-state index contributed by atoms with van der Waals surface area (Å²) in [5, 5.41) is 2.50. The van der Waals surface area contributed by atoms with Crippen LogP contribution in [0.5, 0.6) is 17.2 Å². The number of hydrogen-bond donors (Lipinski definition) is 3. The Labute approximate surface area is 98.8 Å². The van der Waals surface area contributed by atoms with Crippen LogP contribution in [0.15, 0.2) is 12.1 Å². The van der Waals surface area contributed by atoms with E-state index in [0.29, 0.717) is 22.9 Å². The van der Waals surface area contributed by atoms with Gasteiger partial charge in [-0.15, -0.1) is 0 Å². The van der Waals surface area contributed by atoms with E-state index < -0.39 is 6.03 Å². The molecule has 7 nitrogen and oxygen atoms in total. The maximum atomic E-state index is 11.2. The van der Waals surface area contributed by atoms with Crippen molar-refractivity contribution in [2.45, 2.75) is 0 Å². The van der Waals surface area contributed by atoms with E-state index >= 15 is 0 Å². The third-order valence-corrected chi connectivity index (χ3v) is 2.08. The fourth-order valence-electron chi connectivity index (χ4n) is 1.28. The molecule has 0 aromatic heterocycles. The Morgan fingerprint density at radius 1 is 1.12 bits per heavy atom. The van der Waals surface area contributed by atoms with Crippen LogP contribution in [0.25, 0.3) is 0 Å². The molecule has 0 saturated heterocycles. The summed E-state index contributed by atoms with van der Waals surface area (Å²) in [4.78, 5) is 11.2. The largest absolute Gasteiger partial charge is 0.496 e. The summed E-state index contributed by atoms with van der Waals surface area (Å²) in [7, 11) is 4.47. The topological polar surface area (TPSA) is 94.8 Å². The molecule has 17 heavy (non-hydrogen) atoms. The minimum atomic E-state index is -0.577. The number of benzene rings is 1.